The van der Waals surface area contributed by atoms with Crippen LogP contribution in [0.15, 0.2) is 48.8 Å². The minimum Gasteiger partial charge on any atom is -1.00 e. The average Bonchev–Trinajstić information content (AvgIpc) is 2.39. The average molecular weight is 275 g/mol. The standard InChI is InChI=1S/C14H13N3O2.FH/c15-13(18)11-4-1-3-10(7-11)8-17-6-2-5-12(9-17)14(16)19;/h1-7,9H,8H2,(H3-,15,16,18,19);1H. The summed E-state index contributed by atoms with van der Waals surface area (Å²) in [4.78, 5) is 22.2. The van der Waals surface area contributed by atoms with Gasteiger partial charge in [0.05, 0.1) is 0 Å². The fourth-order valence-corrected chi connectivity index (χ4v) is 1.80. The zero-order chi connectivity index (χ0) is 13.8. The van der Waals surface area contributed by atoms with Crippen LogP contribution in [0.4, 0.5) is 0 Å². The number of benzene rings is 1. The van der Waals surface area contributed by atoms with Crippen LogP contribution in [0.25, 0.3) is 0 Å². The third-order valence-electron chi connectivity index (χ3n) is 2.72. The molecule has 104 valence electrons. The van der Waals surface area contributed by atoms with E-state index in [0.29, 0.717) is 17.7 Å². The second-order valence-electron chi connectivity index (χ2n) is 4.19. The molecule has 2 rings (SSSR count). The van der Waals surface area contributed by atoms with Crippen molar-refractivity contribution in [1.82, 2.24) is 0 Å². The van der Waals surface area contributed by atoms with Crippen LogP contribution >= 0.6 is 0 Å². The lowest BCUT2D eigenvalue weighted by Gasteiger charge is -2.01. The van der Waals surface area contributed by atoms with Crippen LogP contribution in [0.5, 0.6) is 0 Å². The Hall–Kier alpha value is -2.76. The summed E-state index contributed by atoms with van der Waals surface area (Å²) in [5, 5.41) is 0. The zero-order valence-corrected chi connectivity index (χ0v) is 10.6. The van der Waals surface area contributed by atoms with Gasteiger partial charge in [-0.3, -0.25) is 9.59 Å². The lowest BCUT2D eigenvalue weighted by atomic mass is 10.1. The molecule has 20 heavy (non-hydrogen) atoms. The van der Waals surface area contributed by atoms with Gasteiger partial charge in [0.25, 0.3) is 5.91 Å². The molecule has 5 nitrogen and oxygen atoms in total. The maximum Gasteiger partial charge on any atom is 0.254 e. The number of pyridine rings is 1. The molecule has 0 aliphatic carbocycles. The summed E-state index contributed by atoms with van der Waals surface area (Å²) in [6, 6.07) is 10.4. The molecule has 0 bridgehead atoms. The van der Waals surface area contributed by atoms with Crippen molar-refractivity contribution >= 4 is 11.8 Å². The predicted molar refractivity (Wildman–Crippen MR) is 69.2 cm³/mol. The number of carbonyl (C=O) groups excluding carboxylic acids is 2. The molecule has 1 aromatic heterocycles. The Morgan fingerprint density at radius 1 is 1.00 bits per heavy atom. The van der Waals surface area contributed by atoms with E-state index in [9.17, 15) is 9.59 Å². The highest BCUT2D eigenvalue weighted by Gasteiger charge is 2.09. The first kappa shape index (κ1) is 15.3. The van der Waals surface area contributed by atoms with Crippen molar-refractivity contribution in [3.8, 4) is 0 Å². The molecule has 0 radical (unpaired) electrons. The lowest BCUT2D eigenvalue weighted by molar-refractivity contribution is -0.688. The van der Waals surface area contributed by atoms with Crippen molar-refractivity contribution in [3.63, 3.8) is 0 Å². The van der Waals surface area contributed by atoms with Gasteiger partial charge in [0, 0.05) is 17.2 Å². The van der Waals surface area contributed by atoms with Gasteiger partial charge in [-0.1, -0.05) is 12.1 Å². The van der Waals surface area contributed by atoms with Crippen LogP contribution in [0.2, 0.25) is 0 Å². The van der Waals surface area contributed by atoms with E-state index >= 15 is 0 Å². The molecule has 0 spiro atoms. The molecule has 0 saturated carbocycles. The topological polar surface area (TPSA) is 90.1 Å². The molecule has 0 fully saturated rings. The first-order chi connectivity index (χ1) is 9.06. The van der Waals surface area contributed by atoms with E-state index in [2.05, 4.69) is 0 Å². The Balaban J connectivity index is 0.00000200. The highest BCUT2D eigenvalue weighted by molar-refractivity contribution is 5.93. The first-order valence-electron chi connectivity index (χ1n) is 5.74. The van der Waals surface area contributed by atoms with Gasteiger partial charge in [-0.15, -0.1) is 0 Å². The van der Waals surface area contributed by atoms with Crippen molar-refractivity contribution in [1.29, 1.82) is 0 Å². The first-order valence-corrected chi connectivity index (χ1v) is 5.74. The van der Waals surface area contributed by atoms with Crippen LogP contribution in [0.3, 0.4) is 0 Å². The number of primary amides is 2. The highest BCUT2D eigenvalue weighted by atomic mass is 19.0. The fraction of sp³-hybridized carbons (Fsp3) is 0.0714. The van der Waals surface area contributed by atoms with Crippen LogP contribution in [-0.4, -0.2) is 11.8 Å². The summed E-state index contributed by atoms with van der Waals surface area (Å²) >= 11 is 0. The SMILES string of the molecule is NC(=O)c1cccc(C[n+]2cccc(C(N)=O)c2)c1.[F-]. The number of halogens is 1. The normalized spacial score (nSPS) is 9.60. The summed E-state index contributed by atoms with van der Waals surface area (Å²) in [5.74, 6) is -0.932. The van der Waals surface area contributed by atoms with E-state index < -0.39 is 11.8 Å². The smallest absolute Gasteiger partial charge is 0.254 e. The molecule has 0 aliphatic rings. The third kappa shape index (κ3) is 3.61. The molecular formula is C14H14FN3O2. The van der Waals surface area contributed by atoms with Crippen molar-refractivity contribution in [2.24, 2.45) is 11.5 Å². The molecule has 0 saturated heterocycles. The lowest BCUT2D eigenvalue weighted by Crippen LogP contribution is -3.00. The van der Waals surface area contributed by atoms with Gasteiger partial charge in [-0.2, -0.15) is 4.57 Å². The Bertz CT molecular complexity index is 588. The molecule has 0 atom stereocenters. The maximum atomic E-state index is 11.1. The Morgan fingerprint density at radius 2 is 1.65 bits per heavy atom. The van der Waals surface area contributed by atoms with Crippen molar-refractivity contribution < 1.29 is 18.9 Å². The van der Waals surface area contributed by atoms with E-state index in [4.69, 9.17) is 11.5 Å². The molecule has 0 unspecified atom stereocenters. The highest BCUT2D eigenvalue weighted by Crippen LogP contribution is 2.04. The largest absolute Gasteiger partial charge is 1.00 e. The number of aromatic nitrogens is 1. The molecule has 0 aliphatic heterocycles. The van der Waals surface area contributed by atoms with Gasteiger partial charge < -0.3 is 16.2 Å². The molecular weight excluding hydrogens is 261 g/mol. The van der Waals surface area contributed by atoms with Crippen LogP contribution in [0.1, 0.15) is 26.3 Å². The summed E-state index contributed by atoms with van der Waals surface area (Å²) < 4.78 is 1.82. The van der Waals surface area contributed by atoms with E-state index in [1.54, 1.807) is 36.5 Å². The molecule has 6 heteroatoms. The van der Waals surface area contributed by atoms with Gasteiger partial charge in [0.2, 0.25) is 5.91 Å². The minimum atomic E-state index is -0.472. The van der Waals surface area contributed by atoms with Gasteiger partial charge in [0.15, 0.2) is 18.9 Å². The number of rotatable bonds is 4. The van der Waals surface area contributed by atoms with Crippen molar-refractivity contribution in [2.75, 3.05) is 0 Å². The number of nitrogens with zero attached hydrogens (tertiary/aromatic N) is 1. The van der Waals surface area contributed by atoms with Crippen LogP contribution < -0.4 is 20.7 Å². The second-order valence-corrected chi connectivity index (χ2v) is 4.19. The second kappa shape index (κ2) is 6.42. The quantitative estimate of drug-likeness (QED) is 0.591. The van der Waals surface area contributed by atoms with E-state index in [1.165, 1.54) is 0 Å². The molecule has 1 heterocycles. The van der Waals surface area contributed by atoms with Crippen molar-refractivity contribution in [2.45, 2.75) is 6.54 Å². The van der Waals surface area contributed by atoms with Gasteiger partial charge >= 0.3 is 0 Å². The minimum absolute atomic E-state index is 0. The van der Waals surface area contributed by atoms with Gasteiger partial charge in [-0.05, 0) is 18.2 Å². The van der Waals surface area contributed by atoms with Crippen molar-refractivity contribution in [3.05, 3.63) is 65.5 Å². The summed E-state index contributed by atoms with van der Waals surface area (Å²) in [6.07, 6.45) is 3.49. The van der Waals surface area contributed by atoms with Gasteiger partial charge in [-0.25, -0.2) is 0 Å². The number of carbonyl (C=O) groups is 2. The summed E-state index contributed by atoms with van der Waals surface area (Å²) in [7, 11) is 0. The monoisotopic (exact) mass is 275 g/mol. The fourth-order valence-electron chi connectivity index (χ4n) is 1.80. The Kier molecular flexibility index (Phi) is 4.91. The summed E-state index contributed by atoms with van der Waals surface area (Å²) in [6.45, 7) is 0.530. The number of hydrogen-bond acceptors (Lipinski definition) is 2. The third-order valence-corrected chi connectivity index (χ3v) is 2.72. The molecule has 4 N–H and O–H groups in total. The predicted octanol–water partition coefficient (Wildman–Crippen LogP) is -2.78. The molecule has 1 aromatic carbocycles. The molecule has 2 aromatic rings. The van der Waals surface area contributed by atoms with E-state index in [1.807, 2.05) is 16.8 Å². The zero-order valence-electron chi connectivity index (χ0n) is 10.6. The number of hydrogen-bond donors (Lipinski definition) is 2. The number of nitrogens with two attached hydrogens (primary N) is 2. The van der Waals surface area contributed by atoms with E-state index in [-0.39, 0.29) is 4.70 Å². The van der Waals surface area contributed by atoms with Gasteiger partial charge in [0.1, 0.15) is 5.56 Å². The maximum absolute atomic E-state index is 11.1. The van der Waals surface area contributed by atoms with E-state index in [0.717, 1.165) is 5.56 Å². The molecule has 2 amide bonds. The summed E-state index contributed by atoms with van der Waals surface area (Å²) in [5.41, 5.74) is 12.3. The van der Waals surface area contributed by atoms with Crippen LogP contribution in [-0.2, 0) is 6.54 Å². The number of amides is 2. The van der Waals surface area contributed by atoms with Crippen LogP contribution in [0, 0.1) is 0 Å². The Morgan fingerprint density at radius 3 is 2.30 bits per heavy atom. The Labute approximate surface area is 115 Å².